The van der Waals surface area contributed by atoms with Gasteiger partial charge in [-0.25, -0.2) is 4.39 Å². The fraction of sp³-hybridized carbons (Fsp3) is 0. The van der Waals surface area contributed by atoms with Crippen LogP contribution in [0.4, 0.5) is 27.1 Å². The monoisotopic (exact) mass is 388 g/mol. The van der Waals surface area contributed by atoms with Crippen molar-refractivity contribution in [2.24, 2.45) is 5.18 Å². The number of Topliss-reactive ketones (excluding diaryl/α,β-unsaturated/α-hetero) is 1. The minimum absolute atomic E-state index is 0.0299. The van der Waals surface area contributed by atoms with Crippen LogP contribution in [0.15, 0.2) is 71.9 Å². The standard InChI is InChI=1S/C21H13FN4O3/c22-13-6-8-15(9-7-13)25-18-11-17(21(28)26-29)19(10-16(18)20(27)12-23)24-14-4-2-1-3-5-14/h1-11,24-25H. The first-order valence-electron chi connectivity index (χ1n) is 8.36. The van der Waals surface area contributed by atoms with E-state index in [0.29, 0.717) is 11.4 Å². The molecule has 0 spiro atoms. The van der Waals surface area contributed by atoms with E-state index in [9.17, 15) is 18.9 Å². The Morgan fingerprint density at radius 2 is 1.41 bits per heavy atom. The number of nitriles is 1. The van der Waals surface area contributed by atoms with Gasteiger partial charge in [-0.15, -0.1) is 4.91 Å². The van der Waals surface area contributed by atoms with Crippen molar-refractivity contribution in [3.05, 3.63) is 88.6 Å². The van der Waals surface area contributed by atoms with Crippen molar-refractivity contribution in [2.75, 3.05) is 10.6 Å². The molecule has 3 aromatic carbocycles. The van der Waals surface area contributed by atoms with Crippen molar-refractivity contribution >= 4 is 34.4 Å². The molecule has 3 aromatic rings. The number of carbonyl (C=O) groups is 2. The third-order valence-electron chi connectivity index (χ3n) is 3.99. The van der Waals surface area contributed by atoms with Crippen LogP contribution in [-0.4, -0.2) is 11.7 Å². The van der Waals surface area contributed by atoms with E-state index in [2.05, 4.69) is 15.8 Å². The summed E-state index contributed by atoms with van der Waals surface area (Å²) in [5.41, 5.74) is 1.14. The van der Waals surface area contributed by atoms with E-state index >= 15 is 0 Å². The smallest absolute Gasteiger partial charge is 0.318 e. The zero-order valence-corrected chi connectivity index (χ0v) is 14.8. The minimum atomic E-state index is -1.05. The summed E-state index contributed by atoms with van der Waals surface area (Å²) in [6.07, 6.45) is 0. The Morgan fingerprint density at radius 3 is 2.00 bits per heavy atom. The third kappa shape index (κ3) is 4.48. The maximum Gasteiger partial charge on any atom is 0.318 e. The molecule has 0 aromatic heterocycles. The van der Waals surface area contributed by atoms with Crippen molar-refractivity contribution in [1.82, 2.24) is 0 Å². The number of rotatable bonds is 6. The van der Waals surface area contributed by atoms with Crippen LogP contribution in [0.25, 0.3) is 0 Å². The van der Waals surface area contributed by atoms with Gasteiger partial charge in [0.15, 0.2) is 0 Å². The summed E-state index contributed by atoms with van der Waals surface area (Å²) in [5, 5.41) is 17.4. The number of benzene rings is 3. The minimum Gasteiger partial charge on any atom is -0.355 e. The Balaban J connectivity index is 2.12. The molecule has 1 amide bonds. The summed E-state index contributed by atoms with van der Waals surface area (Å²) >= 11 is 0. The van der Waals surface area contributed by atoms with Crippen LogP contribution in [0.5, 0.6) is 0 Å². The Bertz CT molecular complexity index is 1120. The summed E-state index contributed by atoms with van der Waals surface area (Å²) < 4.78 is 13.1. The lowest BCUT2D eigenvalue weighted by Crippen LogP contribution is -2.08. The van der Waals surface area contributed by atoms with E-state index in [-0.39, 0.29) is 22.5 Å². The molecule has 0 atom stereocenters. The molecule has 0 aliphatic rings. The molecule has 0 radical (unpaired) electrons. The lowest BCUT2D eigenvalue weighted by molar-refractivity contribution is 0.0999. The summed E-state index contributed by atoms with van der Waals surface area (Å²) in [5.74, 6) is -2.36. The predicted octanol–water partition coefficient (Wildman–Crippen LogP) is 4.93. The number of ketones is 1. The van der Waals surface area contributed by atoms with Gasteiger partial charge in [-0.2, -0.15) is 5.26 Å². The second-order valence-electron chi connectivity index (χ2n) is 5.90. The average Bonchev–Trinajstić information content (AvgIpc) is 2.75. The van der Waals surface area contributed by atoms with Crippen molar-refractivity contribution < 1.29 is 14.0 Å². The van der Waals surface area contributed by atoms with Crippen LogP contribution in [0, 0.1) is 22.1 Å². The van der Waals surface area contributed by atoms with Crippen molar-refractivity contribution in [2.45, 2.75) is 0 Å². The van der Waals surface area contributed by atoms with Crippen molar-refractivity contribution in [1.29, 1.82) is 5.26 Å². The zero-order chi connectivity index (χ0) is 20.8. The number of hydrogen-bond acceptors (Lipinski definition) is 6. The van der Waals surface area contributed by atoms with Gasteiger partial charge in [0.2, 0.25) is 0 Å². The molecule has 0 aliphatic heterocycles. The first-order chi connectivity index (χ1) is 14.0. The third-order valence-corrected chi connectivity index (χ3v) is 3.99. The highest BCUT2D eigenvalue weighted by molar-refractivity contribution is 6.14. The highest BCUT2D eigenvalue weighted by atomic mass is 19.1. The average molecular weight is 388 g/mol. The van der Waals surface area contributed by atoms with Crippen molar-refractivity contribution in [3.8, 4) is 6.07 Å². The fourth-order valence-electron chi connectivity index (χ4n) is 2.65. The van der Waals surface area contributed by atoms with E-state index in [1.807, 2.05) is 0 Å². The van der Waals surface area contributed by atoms with Crippen LogP contribution in [-0.2, 0) is 0 Å². The van der Waals surface area contributed by atoms with Gasteiger partial charge >= 0.3 is 5.91 Å². The molecular formula is C21H13FN4O3. The predicted molar refractivity (Wildman–Crippen MR) is 106 cm³/mol. The number of hydrogen-bond donors (Lipinski definition) is 2. The second kappa shape index (κ2) is 8.54. The Hall–Kier alpha value is -4.38. The highest BCUT2D eigenvalue weighted by Crippen LogP contribution is 2.31. The summed E-state index contributed by atoms with van der Waals surface area (Å²) in [6.45, 7) is 0. The topological polar surface area (TPSA) is 111 Å². The SMILES string of the molecule is N#CC(=O)c1cc(Nc2ccccc2)c(C(=O)N=O)cc1Nc1ccc(F)cc1. The highest BCUT2D eigenvalue weighted by Gasteiger charge is 2.20. The van der Waals surface area contributed by atoms with Gasteiger partial charge in [-0.3, -0.25) is 9.59 Å². The largest absolute Gasteiger partial charge is 0.355 e. The van der Waals surface area contributed by atoms with Crippen LogP contribution >= 0.6 is 0 Å². The number of amides is 1. The maximum absolute atomic E-state index is 13.1. The molecule has 2 N–H and O–H groups in total. The number of nitrogens with zero attached hydrogens (tertiary/aromatic N) is 2. The number of anilines is 4. The van der Waals surface area contributed by atoms with Crippen LogP contribution in [0.3, 0.4) is 0 Å². The molecule has 0 saturated heterocycles. The fourth-order valence-corrected chi connectivity index (χ4v) is 2.65. The molecule has 0 aliphatic carbocycles. The summed E-state index contributed by atoms with van der Waals surface area (Å²) in [6, 6.07) is 18.1. The molecule has 0 saturated carbocycles. The van der Waals surface area contributed by atoms with Gasteiger partial charge in [0, 0.05) is 16.6 Å². The number of carbonyl (C=O) groups excluding carboxylic acids is 2. The molecule has 0 bridgehead atoms. The molecule has 0 fully saturated rings. The zero-order valence-electron chi connectivity index (χ0n) is 14.8. The van der Waals surface area contributed by atoms with E-state index < -0.39 is 17.5 Å². The first kappa shape index (κ1) is 19.4. The molecule has 8 heteroatoms. The molecule has 29 heavy (non-hydrogen) atoms. The Morgan fingerprint density at radius 1 is 0.862 bits per heavy atom. The van der Waals surface area contributed by atoms with Gasteiger partial charge in [0.05, 0.1) is 22.5 Å². The Labute approximate surface area is 164 Å². The van der Waals surface area contributed by atoms with Gasteiger partial charge in [-0.1, -0.05) is 18.2 Å². The van der Waals surface area contributed by atoms with Crippen molar-refractivity contribution in [3.63, 3.8) is 0 Å². The Kier molecular flexibility index (Phi) is 5.71. The van der Waals surface area contributed by atoms with E-state index in [0.717, 1.165) is 0 Å². The number of nitroso groups, excluding NO2 is 1. The van der Waals surface area contributed by atoms with Gasteiger partial charge < -0.3 is 10.6 Å². The van der Waals surface area contributed by atoms with Crippen LogP contribution in [0.1, 0.15) is 20.7 Å². The number of halogens is 1. The molecule has 0 heterocycles. The molecule has 142 valence electrons. The lowest BCUT2D eigenvalue weighted by atomic mass is 10.0. The number of para-hydroxylation sites is 1. The lowest BCUT2D eigenvalue weighted by Gasteiger charge is -2.15. The van der Waals surface area contributed by atoms with Gasteiger partial charge in [0.1, 0.15) is 11.9 Å². The number of nitrogens with one attached hydrogen (secondary N) is 2. The first-order valence-corrected chi connectivity index (χ1v) is 8.36. The molecule has 0 unspecified atom stereocenters. The summed E-state index contributed by atoms with van der Waals surface area (Å²) in [7, 11) is 0. The normalized spacial score (nSPS) is 9.93. The van der Waals surface area contributed by atoms with E-state index in [1.54, 1.807) is 30.3 Å². The van der Waals surface area contributed by atoms with Crippen LogP contribution < -0.4 is 10.6 Å². The van der Waals surface area contributed by atoms with E-state index in [4.69, 9.17) is 5.26 Å². The molecular weight excluding hydrogens is 375 g/mol. The quantitative estimate of drug-likeness (QED) is 0.352. The summed E-state index contributed by atoms with van der Waals surface area (Å²) in [4.78, 5) is 35.1. The van der Waals surface area contributed by atoms with Crippen LogP contribution in [0.2, 0.25) is 0 Å². The van der Waals surface area contributed by atoms with E-state index in [1.165, 1.54) is 42.5 Å². The van der Waals surface area contributed by atoms with Gasteiger partial charge in [0.25, 0.3) is 5.78 Å². The maximum atomic E-state index is 13.1. The second-order valence-corrected chi connectivity index (χ2v) is 5.90. The van der Waals surface area contributed by atoms with Gasteiger partial charge in [-0.05, 0) is 48.5 Å². The molecule has 3 rings (SSSR count). The molecule has 7 nitrogen and oxygen atoms in total.